The number of carbonyl (C=O) groups is 1. The third-order valence-electron chi connectivity index (χ3n) is 2.88. The largest absolute Gasteiger partial charge is 0.460 e. The topological polar surface area (TPSA) is 26.3 Å². The number of halogens is 3. The van der Waals surface area contributed by atoms with Crippen LogP contribution in [-0.4, -0.2) is 16.4 Å². The maximum absolute atomic E-state index is 12.4. The van der Waals surface area contributed by atoms with Crippen molar-refractivity contribution < 1.29 is 9.53 Å². The lowest BCUT2D eigenvalue weighted by molar-refractivity contribution is -0.144. The maximum atomic E-state index is 12.4. The first-order chi connectivity index (χ1) is 9.97. The van der Waals surface area contributed by atoms with Crippen molar-refractivity contribution in [1.82, 2.24) is 0 Å². The first-order valence-electron chi connectivity index (χ1n) is 6.30. The molecule has 2 nitrogen and oxygen atoms in total. The van der Waals surface area contributed by atoms with Crippen molar-refractivity contribution in [2.24, 2.45) is 0 Å². The molecule has 0 unspecified atom stereocenters. The highest BCUT2D eigenvalue weighted by atomic mass is 35.6. The van der Waals surface area contributed by atoms with Gasteiger partial charge in [0.1, 0.15) is 12.5 Å². The van der Waals surface area contributed by atoms with Crippen LogP contribution in [0.2, 0.25) is 0 Å². The molecule has 0 aromatic heterocycles. The SMILES string of the molecule is O=C(OCC(Cl)(Cl)Cl)C(c1ccccc1)c1ccccc1. The lowest BCUT2D eigenvalue weighted by atomic mass is 9.91. The minimum atomic E-state index is -1.62. The fourth-order valence-electron chi connectivity index (χ4n) is 1.99. The maximum Gasteiger partial charge on any atom is 0.318 e. The summed E-state index contributed by atoms with van der Waals surface area (Å²) in [6.45, 7) is -0.285. The fourth-order valence-corrected chi connectivity index (χ4v) is 2.16. The van der Waals surface area contributed by atoms with E-state index in [1.807, 2.05) is 60.7 Å². The van der Waals surface area contributed by atoms with E-state index in [9.17, 15) is 4.79 Å². The molecule has 0 saturated carbocycles. The molecule has 0 spiro atoms. The molecule has 21 heavy (non-hydrogen) atoms. The zero-order chi connectivity index (χ0) is 15.3. The van der Waals surface area contributed by atoms with Crippen LogP contribution in [-0.2, 0) is 9.53 Å². The Hall–Kier alpha value is -1.22. The highest BCUT2D eigenvalue weighted by molar-refractivity contribution is 6.67. The summed E-state index contributed by atoms with van der Waals surface area (Å²) < 4.78 is 3.53. The highest BCUT2D eigenvalue weighted by Gasteiger charge is 2.28. The first-order valence-corrected chi connectivity index (χ1v) is 7.44. The van der Waals surface area contributed by atoms with E-state index in [0.717, 1.165) is 11.1 Å². The predicted molar refractivity (Wildman–Crippen MR) is 86.0 cm³/mol. The minimum absolute atomic E-state index is 0.285. The molecule has 0 aliphatic rings. The van der Waals surface area contributed by atoms with Crippen molar-refractivity contribution in [2.75, 3.05) is 6.61 Å². The summed E-state index contributed by atoms with van der Waals surface area (Å²) in [7, 11) is 0. The molecule has 0 amide bonds. The molecule has 2 aromatic rings. The van der Waals surface area contributed by atoms with E-state index in [0.29, 0.717) is 0 Å². The Morgan fingerprint density at radius 3 is 1.71 bits per heavy atom. The van der Waals surface area contributed by atoms with E-state index in [2.05, 4.69) is 0 Å². The molecule has 0 fully saturated rings. The standard InChI is InChI=1S/C16H13Cl3O2/c17-16(18,19)11-21-15(20)14(12-7-3-1-4-8-12)13-9-5-2-6-10-13/h1-10,14H,11H2. The highest BCUT2D eigenvalue weighted by Crippen LogP contribution is 2.29. The molecule has 0 aliphatic heterocycles. The average molecular weight is 344 g/mol. The van der Waals surface area contributed by atoms with Crippen molar-refractivity contribution in [1.29, 1.82) is 0 Å². The van der Waals surface area contributed by atoms with Crippen LogP contribution >= 0.6 is 34.8 Å². The summed E-state index contributed by atoms with van der Waals surface area (Å²) in [5.74, 6) is -0.988. The van der Waals surface area contributed by atoms with Crippen LogP contribution in [0, 0.1) is 0 Å². The van der Waals surface area contributed by atoms with Gasteiger partial charge in [-0.1, -0.05) is 95.5 Å². The van der Waals surface area contributed by atoms with Crippen molar-refractivity contribution in [3.8, 4) is 0 Å². The normalized spacial score (nSPS) is 11.4. The van der Waals surface area contributed by atoms with E-state index >= 15 is 0 Å². The van der Waals surface area contributed by atoms with Gasteiger partial charge >= 0.3 is 5.97 Å². The Morgan fingerprint density at radius 1 is 0.905 bits per heavy atom. The second-order valence-corrected chi connectivity index (χ2v) is 6.99. The van der Waals surface area contributed by atoms with Gasteiger partial charge in [0.15, 0.2) is 0 Å². The number of rotatable bonds is 4. The van der Waals surface area contributed by atoms with Crippen LogP contribution in [0.25, 0.3) is 0 Å². The van der Waals surface area contributed by atoms with Crippen LogP contribution in [0.4, 0.5) is 0 Å². The second-order valence-electron chi connectivity index (χ2n) is 4.48. The van der Waals surface area contributed by atoms with E-state index in [4.69, 9.17) is 39.5 Å². The van der Waals surface area contributed by atoms with Gasteiger partial charge in [-0.15, -0.1) is 0 Å². The molecule has 0 saturated heterocycles. The molecular formula is C16H13Cl3O2. The monoisotopic (exact) mass is 342 g/mol. The van der Waals surface area contributed by atoms with Gasteiger partial charge in [0.05, 0.1) is 0 Å². The Kier molecular flexibility index (Phi) is 5.51. The summed E-state index contributed by atoms with van der Waals surface area (Å²) in [6, 6.07) is 18.7. The molecule has 0 bridgehead atoms. The van der Waals surface area contributed by atoms with Gasteiger partial charge in [-0.2, -0.15) is 0 Å². The first kappa shape index (κ1) is 16.2. The molecule has 5 heteroatoms. The molecule has 0 aliphatic carbocycles. The third kappa shape index (κ3) is 4.92. The van der Waals surface area contributed by atoms with Crippen LogP contribution < -0.4 is 0 Å². The summed E-state index contributed by atoms with van der Waals surface area (Å²) in [4.78, 5) is 12.4. The number of alkyl halides is 3. The van der Waals surface area contributed by atoms with Crippen LogP contribution in [0.5, 0.6) is 0 Å². The van der Waals surface area contributed by atoms with Gasteiger partial charge in [0.2, 0.25) is 3.79 Å². The minimum Gasteiger partial charge on any atom is -0.460 e. The van der Waals surface area contributed by atoms with Gasteiger partial charge < -0.3 is 4.74 Å². The molecular weight excluding hydrogens is 331 g/mol. The molecule has 2 aromatic carbocycles. The fraction of sp³-hybridized carbons (Fsp3) is 0.188. The van der Waals surface area contributed by atoms with E-state index in [1.54, 1.807) is 0 Å². The van der Waals surface area contributed by atoms with Gasteiger partial charge in [-0.25, -0.2) is 0 Å². The lowest BCUT2D eigenvalue weighted by Gasteiger charge is -2.19. The van der Waals surface area contributed by atoms with Gasteiger partial charge in [-0.05, 0) is 11.1 Å². The summed E-state index contributed by atoms with van der Waals surface area (Å²) >= 11 is 16.9. The van der Waals surface area contributed by atoms with Crippen LogP contribution in [0.1, 0.15) is 17.0 Å². The molecule has 0 heterocycles. The van der Waals surface area contributed by atoms with Crippen LogP contribution in [0.3, 0.4) is 0 Å². The molecule has 0 N–H and O–H groups in total. The van der Waals surface area contributed by atoms with Gasteiger partial charge in [-0.3, -0.25) is 4.79 Å². The Labute approximate surface area is 138 Å². The van der Waals surface area contributed by atoms with E-state index in [1.165, 1.54) is 0 Å². The number of hydrogen-bond acceptors (Lipinski definition) is 2. The zero-order valence-corrected chi connectivity index (χ0v) is 13.3. The Morgan fingerprint density at radius 2 is 1.33 bits per heavy atom. The molecule has 2 rings (SSSR count). The Balaban J connectivity index is 2.27. The molecule has 0 radical (unpaired) electrons. The number of benzene rings is 2. The predicted octanol–water partition coefficient (Wildman–Crippen LogP) is 4.73. The zero-order valence-electron chi connectivity index (χ0n) is 11.0. The summed E-state index contributed by atoms with van der Waals surface area (Å²) in [5.41, 5.74) is 1.66. The smallest absolute Gasteiger partial charge is 0.318 e. The van der Waals surface area contributed by atoms with Crippen molar-refractivity contribution >= 4 is 40.8 Å². The second kappa shape index (κ2) is 7.17. The van der Waals surface area contributed by atoms with Gasteiger partial charge in [0, 0.05) is 0 Å². The Bertz CT molecular complexity index is 540. The summed E-state index contributed by atoms with van der Waals surface area (Å²) in [6.07, 6.45) is 0. The number of hydrogen-bond donors (Lipinski definition) is 0. The molecule has 0 atom stereocenters. The van der Waals surface area contributed by atoms with Crippen LogP contribution in [0.15, 0.2) is 60.7 Å². The molecule has 110 valence electrons. The van der Waals surface area contributed by atoms with Crippen molar-refractivity contribution in [2.45, 2.75) is 9.71 Å². The summed E-state index contributed by atoms with van der Waals surface area (Å²) in [5, 5.41) is 0. The number of esters is 1. The third-order valence-corrected chi connectivity index (χ3v) is 3.21. The quantitative estimate of drug-likeness (QED) is 0.592. The van der Waals surface area contributed by atoms with Crippen molar-refractivity contribution in [3.05, 3.63) is 71.8 Å². The lowest BCUT2D eigenvalue weighted by Crippen LogP contribution is -2.23. The number of carbonyl (C=O) groups excluding carboxylic acids is 1. The van der Waals surface area contributed by atoms with Crippen molar-refractivity contribution in [3.63, 3.8) is 0 Å². The van der Waals surface area contributed by atoms with E-state index < -0.39 is 15.7 Å². The average Bonchev–Trinajstić information content (AvgIpc) is 2.47. The van der Waals surface area contributed by atoms with Gasteiger partial charge in [0.25, 0.3) is 0 Å². The number of ether oxygens (including phenoxy) is 1. The van der Waals surface area contributed by atoms with E-state index in [-0.39, 0.29) is 6.61 Å².